The SMILES string of the molecule is CN(Cc1cccc(NCC(C)(C)CO)c1)C(=O)OC(C)(C)C. The topological polar surface area (TPSA) is 61.8 Å². The van der Waals surface area contributed by atoms with Crippen molar-refractivity contribution in [1.82, 2.24) is 4.90 Å². The van der Waals surface area contributed by atoms with Gasteiger partial charge in [-0.15, -0.1) is 0 Å². The zero-order valence-electron chi connectivity index (χ0n) is 15.1. The first-order valence-corrected chi connectivity index (χ1v) is 7.90. The summed E-state index contributed by atoms with van der Waals surface area (Å²) in [5, 5.41) is 12.6. The number of hydrogen-bond donors (Lipinski definition) is 2. The number of hydrogen-bond acceptors (Lipinski definition) is 4. The first-order chi connectivity index (χ1) is 10.5. The summed E-state index contributed by atoms with van der Waals surface area (Å²) < 4.78 is 5.35. The van der Waals surface area contributed by atoms with Crippen LogP contribution in [0.15, 0.2) is 24.3 Å². The van der Waals surface area contributed by atoms with Crippen LogP contribution < -0.4 is 5.32 Å². The van der Waals surface area contributed by atoms with Crippen LogP contribution in [0.2, 0.25) is 0 Å². The van der Waals surface area contributed by atoms with E-state index in [-0.39, 0.29) is 18.1 Å². The lowest BCUT2D eigenvalue weighted by molar-refractivity contribution is 0.0285. The molecular formula is C18H30N2O3. The van der Waals surface area contributed by atoms with Crippen LogP contribution in [0.1, 0.15) is 40.2 Å². The summed E-state index contributed by atoms with van der Waals surface area (Å²) in [7, 11) is 1.73. The van der Waals surface area contributed by atoms with Crippen LogP contribution >= 0.6 is 0 Å². The highest BCUT2D eigenvalue weighted by atomic mass is 16.6. The fourth-order valence-corrected chi connectivity index (χ4v) is 1.86. The second-order valence-electron chi connectivity index (χ2n) is 7.71. The summed E-state index contributed by atoms with van der Waals surface area (Å²) in [6, 6.07) is 7.91. The molecule has 0 heterocycles. The van der Waals surface area contributed by atoms with E-state index in [2.05, 4.69) is 5.32 Å². The van der Waals surface area contributed by atoms with Gasteiger partial charge >= 0.3 is 6.09 Å². The molecule has 0 atom stereocenters. The van der Waals surface area contributed by atoms with Crippen LogP contribution in [0.4, 0.5) is 10.5 Å². The highest BCUT2D eigenvalue weighted by Crippen LogP contribution is 2.18. The third-order valence-corrected chi connectivity index (χ3v) is 3.25. The summed E-state index contributed by atoms with van der Waals surface area (Å²) in [4.78, 5) is 13.6. The first kappa shape index (κ1) is 19.3. The Bertz CT molecular complexity index is 521. The number of amides is 1. The minimum absolute atomic E-state index is 0.126. The van der Waals surface area contributed by atoms with E-state index in [1.807, 2.05) is 58.9 Å². The molecule has 2 N–H and O–H groups in total. The van der Waals surface area contributed by atoms with Crippen LogP contribution in [0.25, 0.3) is 0 Å². The summed E-state index contributed by atoms with van der Waals surface area (Å²) in [5.41, 5.74) is 1.32. The Hall–Kier alpha value is -1.75. The van der Waals surface area contributed by atoms with Crippen LogP contribution in [0, 0.1) is 5.41 Å². The number of ether oxygens (including phenoxy) is 1. The summed E-state index contributed by atoms with van der Waals surface area (Å²) in [6.45, 7) is 10.8. The van der Waals surface area contributed by atoms with Crippen molar-refractivity contribution in [3.05, 3.63) is 29.8 Å². The molecule has 130 valence electrons. The number of carbonyl (C=O) groups is 1. The van der Waals surface area contributed by atoms with E-state index < -0.39 is 5.60 Å². The van der Waals surface area contributed by atoms with Gasteiger partial charge in [0.15, 0.2) is 0 Å². The molecule has 0 aliphatic rings. The molecule has 5 nitrogen and oxygen atoms in total. The molecule has 0 aliphatic carbocycles. The van der Waals surface area contributed by atoms with Crippen molar-refractivity contribution in [2.24, 2.45) is 5.41 Å². The molecule has 0 unspecified atom stereocenters. The van der Waals surface area contributed by atoms with Crippen molar-refractivity contribution in [3.8, 4) is 0 Å². The molecule has 0 fully saturated rings. The second kappa shape index (κ2) is 7.68. The fourth-order valence-electron chi connectivity index (χ4n) is 1.86. The van der Waals surface area contributed by atoms with Gasteiger partial charge in [-0.1, -0.05) is 26.0 Å². The molecule has 0 aliphatic heterocycles. The van der Waals surface area contributed by atoms with E-state index in [9.17, 15) is 9.90 Å². The molecular weight excluding hydrogens is 292 g/mol. The van der Waals surface area contributed by atoms with Gasteiger partial charge in [0, 0.05) is 37.8 Å². The standard InChI is InChI=1S/C18H30N2O3/c1-17(2,3)23-16(22)20(6)11-14-8-7-9-15(10-14)19-12-18(4,5)13-21/h7-10,19,21H,11-13H2,1-6H3. The van der Waals surface area contributed by atoms with Gasteiger partial charge in [-0.2, -0.15) is 0 Å². The lowest BCUT2D eigenvalue weighted by Crippen LogP contribution is -2.33. The van der Waals surface area contributed by atoms with Crippen molar-refractivity contribution in [3.63, 3.8) is 0 Å². The van der Waals surface area contributed by atoms with E-state index in [4.69, 9.17) is 4.74 Å². The maximum atomic E-state index is 12.0. The van der Waals surface area contributed by atoms with E-state index in [1.54, 1.807) is 11.9 Å². The van der Waals surface area contributed by atoms with Gasteiger partial charge in [0.05, 0.1) is 0 Å². The van der Waals surface area contributed by atoms with Gasteiger partial charge in [-0.05, 0) is 38.5 Å². The number of aliphatic hydroxyl groups excluding tert-OH is 1. The molecule has 1 aromatic carbocycles. The molecule has 0 bridgehead atoms. The minimum Gasteiger partial charge on any atom is -0.444 e. The smallest absolute Gasteiger partial charge is 0.410 e. The highest BCUT2D eigenvalue weighted by Gasteiger charge is 2.20. The maximum absolute atomic E-state index is 12.0. The third kappa shape index (κ3) is 7.37. The Balaban J connectivity index is 2.65. The average Bonchev–Trinajstić information content (AvgIpc) is 2.44. The number of nitrogens with one attached hydrogen (secondary N) is 1. The molecule has 0 saturated carbocycles. The average molecular weight is 322 g/mol. The van der Waals surface area contributed by atoms with E-state index >= 15 is 0 Å². The normalized spacial score (nSPS) is 12.0. The molecule has 1 aromatic rings. The molecule has 5 heteroatoms. The van der Waals surface area contributed by atoms with Crippen molar-refractivity contribution >= 4 is 11.8 Å². The maximum Gasteiger partial charge on any atom is 0.410 e. The zero-order valence-corrected chi connectivity index (χ0v) is 15.1. The van der Waals surface area contributed by atoms with Crippen molar-refractivity contribution in [1.29, 1.82) is 0 Å². The molecule has 0 aromatic heterocycles. The molecule has 0 radical (unpaired) electrons. The Kier molecular flexibility index (Phi) is 6.45. The molecule has 23 heavy (non-hydrogen) atoms. The predicted molar refractivity (Wildman–Crippen MR) is 93.5 cm³/mol. The number of aliphatic hydroxyl groups is 1. The number of nitrogens with zero attached hydrogens (tertiary/aromatic N) is 1. The Morgan fingerprint density at radius 2 is 1.91 bits per heavy atom. The van der Waals surface area contributed by atoms with Crippen LogP contribution in [-0.2, 0) is 11.3 Å². The van der Waals surface area contributed by atoms with Crippen LogP contribution in [0.3, 0.4) is 0 Å². The predicted octanol–water partition coefficient (Wildman–Crippen LogP) is 3.48. The van der Waals surface area contributed by atoms with Crippen LogP contribution in [-0.4, -0.2) is 41.9 Å². The monoisotopic (exact) mass is 322 g/mol. The van der Waals surface area contributed by atoms with Gasteiger partial charge in [0.1, 0.15) is 5.60 Å². The summed E-state index contributed by atoms with van der Waals surface area (Å²) in [6.07, 6.45) is -0.336. The van der Waals surface area contributed by atoms with E-state index in [0.29, 0.717) is 13.1 Å². The Morgan fingerprint density at radius 1 is 1.26 bits per heavy atom. The van der Waals surface area contributed by atoms with Gasteiger partial charge < -0.3 is 20.1 Å². The molecule has 0 saturated heterocycles. The van der Waals surface area contributed by atoms with E-state index in [1.165, 1.54) is 0 Å². The molecule has 1 rings (SSSR count). The summed E-state index contributed by atoms with van der Waals surface area (Å²) >= 11 is 0. The van der Waals surface area contributed by atoms with Gasteiger partial charge in [-0.25, -0.2) is 4.79 Å². The quantitative estimate of drug-likeness (QED) is 0.841. The Labute approximate surface area is 139 Å². The zero-order chi connectivity index (χ0) is 17.7. The fraction of sp³-hybridized carbons (Fsp3) is 0.611. The van der Waals surface area contributed by atoms with Gasteiger partial charge in [-0.3, -0.25) is 0 Å². The van der Waals surface area contributed by atoms with Crippen molar-refractivity contribution in [2.75, 3.05) is 25.5 Å². The van der Waals surface area contributed by atoms with Gasteiger partial charge in [0.25, 0.3) is 0 Å². The molecule has 1 amide bonds. The van der Waals surface area contributed by atoms with Crippen LogP contribution in [0.5, 0.6) is 0 Å². The number of anilines is 1. The molecule has 0 spiro atoms. The van der Waals surface area contributed by atoms with E-state index in [0.717, 1.165) is 11.3 Å². The Morgan fingerprint density at radius 3 is 2.48 bits per heavy atom. The number of rotatable bonds is 6. The lowest BCUT2D eigenvalue weighted by Gasteiger charge is -2.25. The highest BCUT2D eigenvalue weighted by molar-refractivity contribution is 5.67. The minimum atomic E-state index is -0.495. The number of benzene rings is 1. The lowest BCUT2D eigenvalue weighted by atomic mass is 9.95. The largest absolute Gasteiger partial charge is 0.444 e. The van der Waals surface area contributed by atoms with Crippen molar-refractivity contribution < 1.29 is 14.6 Å². The first-order valence-electron chi connectivity index (χ1n) is 7.90. The number of carbonyl (C=O) groups excluding carboxylic acids is 1. The van der Waals surface area contributed by atoms with Gasteiger partial charge in [0.2, 0.25) is 0 Å². The summed E-state index contributed by atoms with van der Waals surface area (Å²) in [5.74, 6) is 0. The third-order valence-electron chi connectivity index (χ3n) is 3.25. The van der Waals surface area contributed by atoms with Crippen molar-refractivity contribution in [2.45, 2.75) is 46.8 Å². The second-order valence-corrected chi connectivity index (χ2v) is 7.71.